The molecule has 3 heteroatoms. The van der Waals surface area contributed by atoms with E-state index in [1.54, 1.807) is 12.1 Å². The quantitative estimate of drug-likeness (QED) is 0.755. The highest BCUT2D eigenvalue weighted by Crippen LogP contribution is 2.24. The molecule has 94 valence electrons. The highest BCUT2D eigenvalue weighted by molar-refractivity contribution is 5.62. The normalized spacial score (nSPS) is 10.6. The molecule has 0 unspecified atom stereocenters. The highest BCUT2D eigenvalue weighted by atomic mass is 16.3. The predicted octanol–water partition coefficient (Wildman–Crippen LogP) is 3.55. The molecule has 0 radical (unpaired) electrons. The number of nitrogens with zero attached hydrogens (tertiary/aromatic N) is 2. The Labute approximate surface area is 111 Å². The second-order valence-electron chi connectivity index (χ2n) is 4.47. The molecule has 3 nitrogen and oxygen atoms in total. The van der Waals surface area contributed by atoms with Gasteiger partial charge in [0.1, 0.15) is 5.75 Å². The van der Waals surface area contributed by atoms with Gasteiger partial charge in [-0.2, -0.15) is 5.10 Å². The smallest absolute Gasteiger partial charge is 0.115 e. The van der Waals surface area contributed by atoms with E-state index in [1.165, 1.54) is 0 Å². The minimum absolute atomic E-state index is 0.258. The summed E-state index contributed by atoms with van der Waals surface area (Å²) < 4.78 is 1.89. The van der Waals surface area contributed by atoms with E-state index in [-0.39, 0.29) is 5.75 Å². The third-order valence-corrected chi connectivity index (χ3v) is 3.00. The van der Waals surface area contributed by atoms with Gasteiger partial charge in [0.15, 0.2) is 0 Å². The van der Waals surface area contributed by atoms with Crippen LogP contribution >= 0.6 is 0 Å². The standard InChI is InChI=1S/C16H14N2O/c1-12-11-16(13-5-3-2-4-6-13)18(17-12)14-7-9-15(19)10-8-14/h2-11,19H,1H3. The molecule has 0 spiro atoms. The Morgan fingerprint density at radius 2 is 1.63 bits per heavy atom. The number of hydrogen-bond donors (Lipinski definition) is 1. The zero-order valence-corrected chi connectivity index (χ0v) is 10.6. The summed E-state index contributed by atoms with van der Waals surface area (Å²) in [6.07, 6.45) is 0. The van der Waals surface area contributed by atoms with Crippen LogP contribution in [0.2, 0.25) is 0 Å². The lowest BCUT2D eigenvalue weighted by molar-refractivity contribution is 0.475. The predicted molar refractivity (Wildman–Crippen MR) is 75.4 cm³/mol. The summed E-state index contributed by atoms with van der Waals surface area (Å²) in [6, 6.07) is 19.3. The molecule has 0 bridgehead atoms. The summed E-state index contributed by atoms with van der Waals surface area (Å²) in [5.74, 6) is 0.258. The first kappa shape index (κ1) is 11.5. The first-order valence-electron chi connectivity index (χ1n) is 6.15. The molecule has 0 saturated heterocycles. The number of benzene rings is 2. The van der Waals surface area contributed by atoms with Crippen LogP contribution in [-0.4, -0.2) is 14.9 Å². The number of aryl methyl sites for hydroxylation is 1. The molecule has 0 saturated carbocycles. The Morgan fingerprint density at radius 3 is 2.32 bits per heavy atom. The number of rotatable bonds is 2. The van der Waals surface area contributed by atoms with Gasteiger partial charge in [0.2, 0.25) is 0 Å². The lowest BCUT2D eigenvalue weighted by atomic mass is 10.1. The zero-order chi connectivity index (χ0) is 13.2. The van der Waals surface area contributed by atoms with Gasteiger partial charge >= 0.3 is 0 Å². The number of aromatic hydroxyl groups is 1. The van der Waals surface area contributed by atoms with E-state index >= 15 is 0 Å². The largest absolute Gasteiger partial charge is 0.508 e. The van der Waals surface area contributed by atoms with Crippen molar-refractivity contribution in [3.05, 3.63) is 66.4 Å². The minimum atomic E-state index is 0.258. The Hall–Kier alpha value is -2.55. The number of hydrogen-bond acceptors (Lipinski definition) is 2. The van der Waals surface area contributed by atoms with Crippen LogP contribution < -0.4 is 0 Å². The Morgan fingerprint density at radius 1 is 0.947 bits per heavy atom. The number of aromatic nitrogens is 2. The van der Waals surface area contributed by atoms with E-state index in [0.717, 1.165) is 22.6 Å². The van der Waals surface area contributed by atoms with E-state index in [2.05, 4.69) is 23.3 Å². The van der Waals surface area contributed by atoms with Crippen molar-refractivity contribution < 1.29 is 5.11 Å². The van der Waals surface area contributed by atoms with Gasteiger partial charge in [-0.3, -0.25) is 0 Å². The van der Waals surface area contributed by atoms with Gasteiger partial charge < -0.3 is 5.11 Å². The molecule has 0 aliphatic carbocycles. The van der Waals surface area contributed by atoms with Gasteiger partial charge in [0.25, 0.3) is 0 Å². The van der Waals surface area contributed by atoms with Crippen molar-refractivity contribution >= 4 is 0 Å². The van der Waals surface area contributed by atoms with Gasteiger partial charge in [0, 0.05) is 5.56 Å². The van der Waals surface area contributed by atoms with Crippen LogP contribution in [0.1, 0.15) is 5.69 Å². The fraction of sp³-hybridized carbons (Fsp3) is 0.0625. The average molecular weight is 250 g/mol. The summed E-state index contributed by atoms with van der Waals surface area (Å²) in [5.41, 5.74) is 4.07. The Kier molecular flexibility index (Phi) is 2.80. The van der Waals surface area contributed by atoms with Crippen molar-refractivity contribution in [2.45, 2.75) is 6.92 Å². The third-order valence-electron chi connectivity index (χ3n) is 3.00. The SMILES string of the molecule is Cc1cc(-c2ccccc2)n(-c2ccc(O)cc2)n1. The van der Waals surface area contributed by atoms with Crippen molar-refractivity contribution in [3.8, 4) is 22.7 Å². The van der Waals surface area contributed by atoms with Gasteiger partial charge in [0.05, 0.1) is 17.1 Å². The van der Waals surface area contributed by atoms with Crippen molar-refractivity contribution in [3.63, 3.8) is 0 Å². The van der Waals surface area contributed by atoms with Crippen LogP contribution in [0.4, 0.5) is 0 Å². The molecule has 0 fully saturated rings. The van der Waals surface area contributed by atoms with Crippen LogP contribution in [0, 0.1) is 6.92 Å². The van der Waals surface area contributed by atoms with Gasteiger partial charge in [-0.25, -0.2) is 4.68 Å². The first-order valence-corrected chi connectivity index (χ1v) is 6.15. The second kappa shape index (κ2) is 4.61. The summed E-state index contributed by atoms with van der Waals surface area (Å²) in [4.78, 5) is 0. The molecule has 1 aromatic heterocycles. The summed E-state index contributed by atoms with van der Waals surface area (Å²) in [5, 5.41) is 13.9. The van der Waals surface area contributed by atoms with Crippen molar-refractivity contribution in [2.24, 2.45) is 0 Å². The third kappa shape index (κ3) is 2.22. The Balaban J connectivity index is 2.15. The van der Waals surface area contributed by atoms with Crippen LogP contribution in [0.5, 0.6) is 5.75 Å². The molecule has 2 aromatic carbocycles. The van der Waals surface area contributed by atoms with E-state index in [9.17, 15) is 5.11 Å². The highest BCUT2D eigenvalue weighted by Gasteiger charge is 2.09. The molecular formula is C16H14N2O. The second-order valence-corrected chi connectivity index (χ2v) is 4.47. The minimum Gasteiger partial charge on any atom is -0.508 e. The molecular weight excluding hydrogens is 236 g/mol. The topological polar surface area (TPSA) is 38.0 Å². The van der Waals surface area contributed by atoms with Crippen LogP contribution in [-0.2, 0) is 0 Å². The van der Waals surface area contributed by atoms with Crippen LogP contribution in [0.25, 0.3) is 16.9 Å². The van der Waals surface area contributed by atoms with E-state index < -0.39 is 0 Å². The van der Waals surface area contributed by atoms with E-state index in [4.69, 9.17) is 0 Å². The molecule has 0 amide bonds. The molecule has 0 atom stereocenters. The molecule has 3 rings (SSSR count). The van der Waals surface area contributed by atoms with Crippen molar-refractivity contribution in [2.75, 3.05) is 0 Å². The van der Waals surface area contributed by atoms with Gasteiger partial charge in [-0.05, 0) is 37.3 Å². The maximum atomic E-state index is 9.37. The number of phenols is 1. The lowest BCUT2D eigenvalue weighted by Crippen LogP contribution is -1.98. The summed E-state index contributed by atoms with van der Waals surface area (Å²) >= 11 is 0. The fourth-order valence-corrected chi connectivity index (χ4v) is 2.10. The fourth-order valence-electron chi connectivity index (χ4n) is 2.10. The summed E-state index contributed by atoms with van der Waals surface area (Å²) in [7, 11) is 0. The van der Waals surface area contributed by atoms with Crippen LogP contribution in [0.15, 0.2) is 60.7 Å². The molecule has 0 aliphatic heterocycles. The molecule has 1 heterocycles. The molecule has 19 heavy (non-hydrogen) atoms. The summed E-state index contributed by atoms with van der Waals surface area (Å²) in [6.45, 7) is 1.98. The van der Waals surface area contributed by atoms with E-state index in [0.29, 0.717) is 0 Å². The molecule has 0 aliphatic rings. The lowest BCUT2D eigenvalue weighted by Gasteiger charge is -2.07. The van der Waals surface area contributed by atoms with Gasteiger partial charge in [-0.15, -0.1) is 0 Å². The monoisotopic (exact) mass is 250 g/mol. The van der Waals surface area contributed by atoms with Crippen molar-refractivity contribution in [1.29, 1.82) is 0 Å². The van der Waals surface area contributed by atoms with Gasteiger partial charge in [-0.1, -0.05) is 30.3 Å². The first-order chi connectivity index (χ1) is 9.24. The van der Waals surface area contributed by atoms with Crippen molar-refractivity contribution in [1.82, 2.24) is 9.78 Å². The van der Waals surface area contributed by atoms with Crippen LogP contribution in [0.3, 0.4) is 0 Å². The maximum Gasteiger partial charge on any atom is 0.115 e. The Bertz CT molecular complexity index is 685. The number of phenolic OH excluding ortho intramolecular Hbond substituents is 1. The maximum absolute atomic E-state index is 9.37. The zero-order valence-electron chi connectivity index (χ0n) is 10.6. The molecule has 1 N–H and O–H groups in total. The van der Waals surface area contributed by atoms with E-state index in [1.807, 2.05) is 41.9 Å². The molecule has 3 aromatic rings. The average Bonchev–Trinajstić information content (AvgIpc) is 2.83.